The fourth-order valence-electron chi connectivity index (χ4n) is 2.36. The van der Waals surface area contributed by atoms with Gasteiger partial charge in [-0.1, -0.05) is 6.07 Å². The molecule has 0 radical (unpaired) electrons. The number of benzene rings is 1. The number of halogens is 1. The number of rotatable bonds is 5. The average molecular weight is 315 g/mol. The Morgan fingerprint density at radius 2 is 2.29 bits per heavy atom. The van der Waals surface area contributed by atoms with Crippen LogP contribution in [-0.4, -0.2) is 30.5 Å². The highest BCUT2D eigenvalue weighted by Gasteiger charge is 2.19. The van der Waals surface area contributed by atoms with Gasteiger partial charge in [0.2, 0.25) is 0 Å². The molecule has 1 atom stereocenters. The molecule has 8 heteroatoms. The smallest absolute Gasteiger partial charge is 0.292 e. The Balaban J connectivity index is 0.00000220. The lowest BCUT2D eigenvalue weighted by atomic mass is 10.1. The van der Waals surface area contributed by atoms with Gasteiger partial charge >= 0.3 is 0 Å². The molecule has 2 rings (SSSR count). The van der Waals surface area contributed by atoms with Crippen LogP contribution in [0.15, 0.2) is 18.2 Å². The second-order valence-corrected chi connectivity index (χ2v) is 4.90. The number of hydrogen-bond acceptors (Lipinski definition) is 5. The molecular weight excluding hydrogens is 296 g/mol. The largest absolute Gasteiger partial charge is 0.393 e. The topological polar surface area (TPSA) is 110 Å². The minimum absolute atomic E-state index is 0. The van der Waals surface area contributed by atoms with Crippen molar-refractivity contribution < 1.29 is 9.72 Å². The summed E-state index contributed by atoms with van der Waals surface area (Å²) in [7, 11) is 0. The van der Waals surface area contributed by atoms with Crippen LogP contribution in [0.4, 0.5) is 11.4 Å². The molecule has 1 aromatic carbocycles. The van der Waals surface area contributed by atoms with Crippen molar-refractivity contribution in [3.63, 3.8) is 0 Å². The van der Waals surface area contributed by atoms with Crippen LogP contribution in [0.3, 0.4) is 0 Å². The summed E-state index contributed by atoms with van der Waals surface area (Å²) in [5.41, 5.74) is 5.50. The van der Waals surface area contributed by atoms with E-state index >= 15 is 0 Å². The maximum Gasteiger partial charge on any atom is 0.292 e. The molecule has 1 aromatic rings. The number of hydrogen-bond donors (Lipinski definition) is 3. The molecule has 0 aromatic heterocycles. The van der Waals surface area contributed by atoms with Crippen LogP contribution in [0.2, 0.25) is 0 Å². The van der Waals surface area contributed by atoms with Crippen molar-refractivity contribution in [3.05, 3.63) is 33.9 Å². The number of nitro groups is 1. The molecule has 1 fully saturated rings. The average Bonchev–Trinajstić information content (AvgIpc) is 2.91. The normalized spacial score (nSPS) is 17.0. The fourth-order valence-corrected chi connectivity index (χ4v) is 2.36. The van der Waals surface area contributed by atoms with Crippen LogP contribution >= 0.6 is 12.4 Å². The standard InChI is InChI=1S/C13H18N4O3.ClH/c14-12-10(2-1-3-11(12)17(19)20)13(18)16-7-5-9-4-6-15-8-9;/h1-3,9,15H,4-8,14H2,(H,16,18);1H. The summed E-state index contributed by atoms with van der Waals surface area (Å²) in [6, 6.07) is 4.25. The van der Waals surface area contributed by atoms with Crippen molar-refractivity contribution in [2.45, 2.75) is 12.8 Å². The molecule has 1 unspecified atom stereocenters. The van der Waals surface area contributed by atoms with Crippen LogP contribution in [-0.2, 0) is 0 Å². The Bertz CT molecular complexity index is 518. The lowest BCUT2D eigenvalue weighted by molar-refractivity contribution is -0.383. The van der Waals surface area contributed by atoms with Gasteiger partial charge in [-0.25, -0.2) is 0 Å². The number of anilines is 1. The summed E-state index contributed by atoms with van der Waals surface area (Å²) in [6.45, 7) is 2.55. The fraction of sp³-hybridized carbons (Fsp3) is 0.462. The van der Waals surface area contributed by atoms with Crippen LogP contribution in [0.25, 0.3) is 0 Å². The molecular formula is C13H19ClN4O3. The first-order valence-corrected chi connectivity index (χ1v) is 6.61. The van der Waals surface area contributed by atoms with Gasteiger partial charge in [0.25, 0.3) is 11.6 Å². The molecule has 1 amide bonds. The Labute approximate surface area is 128 Å². The number of nitrogens with zero attached hydrogens (tertiary/aromatic N) is 1. The summed E-state index contributed by atoms with van der Waals surface area (Å²) < 4.78 is 0. The zero-order chi connectivity index (χ0) is 14.5. The van der Waals surface area contributed by atoms with Crippen molar-refractivity contribution in [1.29, 1.82) is 0 Å². The van der Waals surface area contributed by atoms with E-state index in [1.54, 1.807) is 0 Å². The molecule has 1 aliphatic rings. The predicted molar refractivity (Wildman–Crippen MR) is 82.7 cm³/mol. The predicted octanol–water partition coefficient (Wildman–Crippen LogP) is 1.33. The summed E-state index contributed by atoms with van der Waals surface area (Å²) in [5.74, 6) is 0.218. The molecule has 4 N–H and O–H groups in total. The number of para-hydroxylation sites is 1. The third-order valence-corrected chi connectivity index (χ3v) is 3.52. The number of nitrogens with two attached hydrogens (primary N) is 1. The van der Waals surface area contributed by atoms with E-state index in [9.17, 15) is 14.9 Å². The molecule has 1 aliphatic heterocycles. The zero-order valence-corrected chi connectivity index (χ0v) is 12.3. The van der Waals surface area contributed by atoms with Gasteiger partial charge in [-0.05, 0) is 37.9 Å². The minimum atomic E-state index is -0.587. The van der Waals surface area contributed by atoms with E-state index < -0.39 is 4.92 Å². The first kappa shape index (κ1) is 17.2. The molecule has 0 spiro atoms. The van der Waals surface area contributed by atoms with Gasteiger partial charge in [0.15, 0.2) is 0 Å². The first-order chi connectivity index (χ1) is 9.59. The minimum Gasteiger partial charge on any atom is -0.393 e. The molecule has 1 saturated heterocycles. The second-order valence-electron chi connectivity index (χ2n) is 4.90. The van der Waals surface area contributed by atoms with E-state index in [4.69, 9.17) is 5.73 Å². The van der Waals surface area contributed by atoms with Gasteiger partial charge in [-0.2, -0.15) is 0 Å². The molecule has 1 heterocycles. The lowest BCUT2D eigenvalue weighted by Crippen LogP contribution is -2.27. The maximum atomic E-state index is 12.0. The molecule has 7 nitrogen and oxygen atoms in total. The highest BCUT2D eigenvalue weighted by molar-refractivity contribution is 6.00. The first-order valence-electron chi connectivity index (χ1n) is 6.61. The van der Waals surface area contributed by atoms with E-state index in [-0.39, 0.29) is 35.3 Å². The molecule has 21 heavy (non-hydrogen) atoms. The number of nitro benzene ring substituents is 1. The van der Waals surface area contributed by atoms with Crippen molar-refractivity contribution in [2.75, 3.05) is 25.4 Å². The molecule has 116 valence electrons. The van der Waals surface area contributed by atoms with Gasteiger partial charge in [0, 0.05) is 12.6 Å². The highest BCUT2D eigenvalue weighted by atomic mass is 35.5. The van der Waals surface area contributed by atoms with Crippen LogP contribution in [0.1, 0.15) is 23.2 Å². The summed E-state index contributed by atoms with van der Waals surface area (Å²) in [4.78, 5) is 22.2. The van der Waals surface area contributed by atoms with Gasteiger partial charge in [-0.15, -0.1) is 12.4 Å². The number of carbonyl (C=O) groups excluding carboxylic acids is 1. The van der Waals surface area contributed by atoms with Crippen molar-refractivity contribution >= 4 is 29.7 Å². The second kappa shape index (κ2) is 7.80. The Kier molecular flexibility index (Phi) is 6.39. The summed E-state index contributed by atoms with van der Waals surface area (Å²) in [6.07, 6.45) is 2.02. The van der Waals surface area contributed by atoms with Gasteiger partial charge in [-0.3, -0.25) is 14.9 Å². The summed E-state index contributed by atoms with van der Waals surface area (Å²) >= 11 is 0. The van der Waals surface area contributed by atoms with Gasteiger partial charge < -0.3 is 16.4 Å². The van der Waals surface area contributed by atoms with Crippen molar-refractivity contribution in [1.82, 2.24) is 10.6 Å². The van der Waals surface area contributed by atoms with E-state index in [0.29, 0.717) is 12.5 Å². The van der Waals surface area contributed by atoms with Crippen LogP contribution in [0.5, 0.6) is 0 Å². The highest BCUT2D eigenvalue weighted by Crippen LogP contribution is 2.24. The molecule has 0 aliphatic carbocycles. The van der Waals surface area contributed by atoms with E-state index in [1.807, 2.05) is 0 Å². The zero-order valence-electron chi connectivity index (χ0n) is 11.5. The molecule has 0 saturated carbocycles. The number of nitrogen functional groups attached to an aromatic ring is 1. The van der Waals surface area contributed by atoms with E-state index in [2.05, 4.69) is 10.6 Å². The quantitative estimate of drug-likeness (QED) is 0.431. The van der Waals surface area contributed by atoms with Crippen molar-refractivity contribution in [2.24, 2.45) is 5.92 Å². The van der Waals surface area contributed by atoms with Crippen LogP contribution in [0, 0.1) is 16.0 Å². The number of carbonyl (C=O) groups is 1. The maximum absolute atomic E-state index is 12.0. The Morgan fingerprint density at radius 1 is 1.52 bits per heavy atom. The number of amides is 1. The third-order valence-electron chi connectivity index (χ3n) is 3.52. The van der Waals surface area contributed by atoms with Crippen LogP contribution < -0.4 is 16.4 Å². The van der Waals surface area contributed by atoms with Crippen molar-refractivity contribution in [3.8, 4) is 0 Å². The van der Waals surface area contributed by atoms with E-state index in [1.165, 1.54) is 18.2 Å². The number of nitrogens with one attached hydrogen (secondary N) is 2. The van der Waals surface area contributed by atoms with Gasteiger partial charge in [0.1, 0.15) is 5.69 Å². The monoisotopic (exact) mass is 314 g/mol. The summed E-state index contributed by atoms with van der Waals surface area (Å²) in [5, 5.41) is 16.8. The SMILES string of the molecule is Cl.Nc1c(C(=O)NCCC2CCNC2)cccc1[N+](=O)[O-]. The Hall–Kier alpha value is -1.86. The van der Waals surface area contributed by atoms with Gasteiger partial charge in [0.05, 0.1) is 10.5 Å². The van der Waals surface area contributed by atoms with E-state index in [0.717, 1.165) is 25.9 Å². The molecule has 0 bridgehead atoms. The third kappa shape index (κ3) is 4.30. The Morgan fingerprint density at radius 3 is 2.90 bits per heavy atom. The lowest BCUT2D eigenvalue weighted by Gasteiger charge is -2.10.